The van der Waals surface area contributed by atoms with E-state index in [0.717, 1.165) is 5.69 Å². The van der Waals surface area contributed by atoms with Crippen LogP contribution in [0.4, 0.5) is 5.69 Å². The van der Waals surface area contributed by atoms with E-state index in [-0.39, 0.29) is 11.7 Å². The van der Waals surface area contributed by atoms with Gasteiger partial charge in [0.15, 0.2) is 0 Å². The summed E-state index contributed by atoms with van der Waals surface area (Å²) in [5.41, 5.74) is 7.70. The normalized spacial score (nSPS) is 10.1. The third kappa shape index (κ3) is 4.74. The number of amides is 1. The number of nitrogens with one attached hydrogen (secondary N) is 2. The van der Waals surface area contributed by atoms with Gasteiger partial charge in [0.05, 0.1) is 6.54 Å². The van der Waals surface area contributed by atoms with Crippen LogP contribution >= 0.6 is 0 Å². The molecular formula is C18H22N4O2. The van der Waals surface area contributed by atoms with Crippen molar-refractivity contribution in [1.82, 2.24) is 5.32 Å². The number of nitrogen functional groups attached to an aromatic ring is 1. The van der Waals surface area contributed by atoms with E-state index in [1.54, 1.807) is 36.4 Å². The Morgan fingerprint density at radius 2 is 1.88 bits per heavy atom. The quantitative estimate of drug-likeness (QED) is 0.411. The fraction of sp³-hybridized carbons (Fsp3) is 0.222. The third-order valence-electron chi connectivity index (χ3n) is 3.45. The first-order valence-corrected chi connectivity index (χ1v) is 7.60. The summed E-state index contributed by atoms with van der Waals surface area (Å²) in [6.45, 7) is 0.724. The molecule has 2 aromatic rings. The standard InChI is InChI=1S/C18H22N4O2/c1-22(2)15-8-6-13(7-9-15)18(23)21-10-11-24-16-5-3-4-14(12-16)17(19)20/h3-9,12H,10-11H2,1-2H3,(H3,19,20)(H,21,23). The molecule has 4 N–H and O–H groups in total. The Morgan fingerprint density at radius 3 is 2.50 bits per heavy atom. The van der Waals surface area contributed by atoms with Crippen molar-refractivity contribution in [2.45, 2.75) is 0 Å². The molecule has 0 fully saturated rings. The first-order chi connectivity index (χ1) is 11.5. The molecule has 0 heterocycles. The number of anilines is 1. The average Bonchev–Trinajstić information content (AvgIpc) is 2.59. The highest BCUT2D eigenvalue weighted by atomic mass is 16.5. The van der Waals surface area contributed by atoms with E-state index in [1.807, 2.05) is 31.1 Å². The third-order valence-corrected chi connectivity index (χ3v) is 3.45. The number of carbonyl (C=O) groups excluding carboxylic acids is 1. The van der Waals surface area contributed by atoms with Gasteiger partial charge in [-0.25, -0.2) is 0 Å². The van der Waals surface area contributed by atoms with Crippen LogP contribution in [0.1, 0.15) is 15.9 Å². The molecule has 0 unspecified atom stereocenters. The van der Waals surface area contributed by atoms with E-state index in [4.69, 9.17) is 15.9 Å². The smallest absolute Gasteiger partial charge is 0.251 e. The van der Waals surface area contributed by atoms with E-state index in [9.17, 15) is 4.79 Å². The van der Waals surface area contributed by atoms with Crippen LogP contribution in [0.2, 0.25) is 0 Å². The number of rotatable bonds is 7. The molecule has 0 spiro atoms. The molecule has 0 aliphatic heterocycles. The van der Waals surface area contributed by atoms with Crippen molar-refractivity contribution in [3.05, 3.63) is 59.7 Å². The lowest BCUT2D eigenvalue weighted by Crippen LogP contribution is -2.28. The minimum atomic E-state index is -0.138. The van der Waals surface area contributed by atoms with Gasteiger partial charge in [-0.15, -0.1) is 0 Å². The summed E-state index contributed by atoms with van der Waals surface area (Å²) in [5, 5.41) is 10.2. The van der Waals surface area contributed by atoms with Crippen LogP contribution in [0.3, 0.4) is 0 Å². The summed E-state index contributed by atoms with van der Waals surface area (Å²) >= 11 is 0. The highest BCUT2D eigenvalue weighted by molar-refractivity contribution is 5.95. The summed E-state index contributed by atoms with van der Waals surface area (Å²) in [5.74, 6) is 0.476. The van der Waals surface area contributed by atoms with Crippen LogP contribution in [0.5, 0.6) is 5.75 Å². The maximum absolute atomic E-state index is 12.1. The van der Waals surface area contributed by atoms with Crippen molar-refractivity contribution in [3.8, 4) is 5.75 Å². The predicted molar refractivity (Wildman–Crippen MR) is 96.1 cm³/mol. The Labute approximate surface area is 141 Å². The SMILES string of the molecule is CN(C)c1ccc(C(=O)NCCOc2cccc(C(=N)N)c2)cc1. The second kappa shape index (κ2) is 8.01. The molecule has 1 amide bonds. The summed E-state index contributed by atoms with van der Waals surface area (Å²) in [4.78, 5) is 14.0. The first kappa shape index (κ1) is 17.3. The van der Waals surface area contributed by atoms with E-state index in [2.05, 4.69) is 5.32 Å². The van der Waals surface area contributed by atoms with Crippen molar-refractivity contribution < 1.29 is 9.53 Å². The van der Waals surface area contributed by atoms with E-state index < -0.39 is 0 Å². The minimum Gasteiger partial charge on any atom is -0.492 e. The lowest BCUT2D eigenvalue weighted by molar-refractivity contribution is 0.0947. The lowest BCUT2D eigenvalue weighted by atomic mass is 10.2. The zero-order valence-electron chi connectivity index (χ0n) is 13.9. The van der Waals surface area contributed by atoms with Crippen LogP contribution in [0.15, 0.2) is 48.5 Å². The molecule has 0 bridgehead atoms. The number of nitrogens with zero attached hydrogens (tertiary/aromatic N) is 1. The van der Waals surface area contributed by atoms with Gasteiger partial charge in [-0.2, -0.15) is 0 Å². The summed E-state index contributed by atoms with van der Waals surface area (Å²) in [6.07, 6.45) is 0. The van der Waals surface area contributed by atoms with Crippen LogP contribution in [0.25, 0.3) is 0 Å². The zero-order valence-corrected chi connectivity index (χ0v) is 13.9. The van der Waals surface area contributed by atoms with Gasteiger partial charge >= 0.3 is 0 Å². The number of benzene rings is 2. The van der Waals surface area contributed by atoms with Crippen LogP contribution in [-0.2, 0) is 0 Å². The maximum Gasteiger partial charge on any atom is 0.251 e. The number of carbonyl (C=O) groups is 1. The van der Waals surface area contributed by atoms with E-state index in [0.29, 0.717) is 30.0 Å². The van der Waals surface area contributed by atoms with Gasteiger partial charge in [-0.3, -0.25) is 10.2 Å². The predicted octanol–water partition coefficient (Wildman–Crippen LogP) is 1.85. The second-order valence-corrected chi connectivity index (χ2v) is 5.49. The molecule has 2 aromatic carbocycles. The Kier molecular flexibility index (Phi) is 5.78. The Hall–Kier alpha value is -3.02. The highest BCUT2D eigenvalue weighted by Gasteiger charge is 2.05. The molecule has 126 valence electrons. The van der Waals surface area contributed by atoms with Crippen LogP contribution in [0, 0.1) is 5.41 Å². The van der Waals surface area contributed by atoms with E-state index >= 15 is 0 Å². The van der Waals surface area contributed by atoms with Crippen molar-refractivity contribution >= 4 is 17.4 Å². The highest BCUT2D eigenvalue weighted by Crippen LogP contribution is 2.13. The van der Waals surface area contributed by atoms with Gasteiger partial charge in [0, 0.05) is 30.9 Å². The van der Waals surface area contributed by atoms with Gasteiger partial charge < -0.3 is 20.7 Å². The number of nitrogens with two attached hydrogens (primary N) is 1. The number of amidine groups is 1. The molecule has 0 aliphatic carbocycles. The molecule has 2 rings (SSSR count). The molecule has 6 heteroatoms. The molecular weight excluding hydrogens is 304 g/mol. The summed E-state index contributed by atoms with van der Waals surface area (Å²) in [7, 11) is 3.90. The monoisotopic (exact) mass is 326 g/mol. The molecule has 6 nitrogen and oxygen atoms in total. The fourth-order valence-electron chi connectivity index (χ4n) is 2.10. The fourth-order valence-corrected chi connectivity index (χ4v) is 2.10. The number of hydrogen-bond acceptors (Lipinski definition) is 4. The molecule has 0 saturated carbocycles. The molecule has 0 saturated heterocycles. The Balaban J connectivity index is 1.80. The lowest BCUT2D eigenvalue weighted by Gasteiger charge is -2.13. The van der Waals surface area contributed by atoms with Gasteiger partial charge in [0.25, 0.3) is 5.91 Å². The minimum absolute atomic E-state index is 0.00470. The van der Waals surface area contributed by atoms with Crippen molar-refractivity contribution in [1.29, 1.82) is 5.41 Å². The first-order valence-electron chi connectivity index (χ1n) is 7.60. The van der Waals surface area contributed by atoms with E-state index in [1.165, 1.54) is 0 Å². The zero-order chi connectivity index (χ0) is 17.5. The molecule has 0 radical (unpaired) electrons. The Bertz CT molecular complexity index is 711. The average molecular weight is 326 g/mol. The van der Waals surface area contributed by atoms with Crippen molar-refractivity contribution in [3.63, 3.8) is 0 Å². The molecule has 0 aliphatic rings. The Morgan fingerprint density at radius 1 is 1.17 bits per heavy atom. The number of hydrogen-bond donors (Lipinski definition) is 3. The van der Waals surface area contributed by atoms with Gasteiger partial charge in [-0.1, -0.05) is 12.1 Å². The molecule has 0 atom stereocenters. The second-order valence-electron chi connectivity index (χ2n) is 5.49. The summed E-state index contributed by atoms with van der Waals surface area (Å²) < 4.78 is 5.56. The van der Waals surface area contributed by atoms with Crippen molar-refractivity contribution in [2.24, 2.45) is 5.73 Å². The maximum atomic E-state index is 12.1. The summed E-state index contributed by atoms with van der Waals surface area (Å²) in [6, 6.07) is 14.4. The van der Waals surface area contributed by atoms with Gasteiger partial charge in [0.1, 0.15) is 18.2 Å². The molecule has 24 heavy (non-hydrogen) atoms. The van der Waals surface area contributed by atoms with Crippen molar-refractivity contribution in [2.75, 3.05) is 32.1 Å². The van der Waals surface area contributed by atoms with Crippen LogP contribution < -0.4 is 20.7 Å². The largest absolute Gasteiger partial charge is 0.492 e. The number of ether oxygens (including phenoxy) is 1. The van der Waals surface area contributed by atoms with Gasteiger partial charge in [-0.05, 0) is 36.4 Å². The van der Waals surface area contributed by atoms with Crippen LogP contribution in [-0.4, -0.2) is 39.0 Å². The topological polar surface area (TPSA) is 91.4 Å². The van der Waals surface area contributed by atoms with Gasteiger partial charge in [0.2, 0.25) is 0 Å². The molecule has 0 aromatic heterocycles.